The molecule has 0 spiro atoms. The fourth-order valence-electron chi connectivity index (χ4n) is 5.37. The Kier molecular flexibility index (Phi) is 5.00. The Hall–Kier alpha value is -4.14. The number of aromatic nitrogens is 1. The van der Waals surface area contributed by atoms with E-state index in [1.54, 1.807) is 0 Å². The van der Waals surface area contributed by atoms with Gasteiger partial charge in [-0.3, -0.25) is 0 Å². The maximum Gasteiger partial charge on any atom is 0.0547 e. The van der Waals surface area contributed by atoms with Crippen LogP contribution in [0.5, 0.6) is 0 Å². The zero-order valence-corrected chi connectivity index (χ0v) is 21.1. The van der Waals surface area contributed by atoms with Gasteiger partial charge in [0.2, 0.25) is 0 Å². The van der Waals surface area contributed by atoms with Gasteiger partial charge in [-0.05, 0) is 81.6 Å². The molecule has 1 aromatic heterocycles. The minimum absolute atomic E-state index is 1.09. The average molecular weight is 524 g/mol. The van der Waals surface area contributed by atoms with Gasteiger partial charge in [0.25, 0.3) is 0 Å². The van der Waals surface area contributed by atoms with Gasteiger partial charge in [-0.25, -0.2) is 0 Å². The first-order valence-electron chi connectivity index (χ1n) is 12.1. The molecule has 6 aromatic carbocycles. The van der Waals surface area contributed by atoms with Crippen molar-refractivity contribution in [2.45, 2.75) is 0 Å². The predicted octanol–water partition coefficient (Wildman–Crippen LogP) is 10.0. The van der Waals surface area contributed by atoms with Crippen molar-refractivity contribution in [3.05, 3.63) is 138 Å². The van der Waals surface area contributed by atoms with Gasteiger partial charge in [0, 0.05) is 20.9 Å². The maximum atomic E-state index is 3.61. The van der Waals surface area contributed by atoms with Crippen LogP contribution in [0.15, 0.2) is 138 Å². The van der Waals surface area contributed by atoms with Crippen LogP contribution in [-0.2, 0) is 0 Å². The van der Waals surface area contributed by atoms with Crippen molar-refractivity contribution in [1.29, 1.82) is 0 Å². The summed E-state index contributed by atoms with van der Waals surface area (Å²) in [6.45, 7) is 0. The molecule has 7 aromatic rings. The van der Waals surface area contributed by atoms with Crippen molar-refractivity contribution in [3.63, 3.8) is 0 Å². The highest BCUT2D eigenvalue weighted by molar-refractivity contribution is 9.10. The monoisotopic (exact) mass is 523 g/mol. The molecular formula is C34H22BrN. The zero-order chi connectivity index (χ0) is 24.1. The van der Waals surface area contributed by atoms with E-state index in [2.05, 4.69) is 154 Å². The topological polar surface area (TPSA) is 4.93 Å². The van der Waals surface area contributed by atoms with Gasteiger partial charge in [0.05, 0.1) is 11.0 Å². The summed E-state index contributed by atoms with van der Waals surface area (Å²) >= 11 is 3.61. The minimum atomic E-state index is 1.09. The summed E-state index contributed by atoms with van der Waals surface area (Å²) in [6, 6.07) is 48.0. The standard InChI is InChI=1S/C34H22BrN/c35-28-12-7-11-26(21-28)24-9-6-10-25(20-24)27-17-18-32-31(22-27)34-30-15-5-4-8-23(30)16-19-33(34)36(32)29-13-2-1-3-14-29/h1-22H. The lowest BCUT2D eigenvalue weighted by Crippen LogP contribution is -1.93. The Morgan fingerprint density at radius 2 is 1.11 bits per heavy atom. The molecule has 0 amide bonds. The molecule has 0 N–H and O–H groups in total. The van der Waals surface area contributed by atoms with Crippen molar-refractivity contribution < 1.29 is 0 Å². The number of rotatable bonds is 3. The molecule has 36 heavy (non-hydrogen) atoms. The molecule has 0 aliphatic rings. The molecule has 0 fully saturated rings. The van der Waals surface area contributed by atoms with E-state index in [0.29, 0.717) is 0 Å². The summed E-state index contributed by atoms with van der Waals surface area (Å²) in [5, 5.41) is 5.13. The molecule has 1 heterocycles. The molecule has 0 bridgehead atoms. The zero-order valence-electron chi connectivity index (χ0n) is 19.5. The predicted molar refractivity (Wildman–Crippen MR) is 157 cm³/mol. The Morgan fingerprint density at radius 1 is 0.444 bits per heavy atom. The second kappa shape index (κ2) is 8.51. The van der Waals surface area contributed by atoms with E-state index in [1.165, 1.54) is 60.5 Å². The fourth-order valence-corrected chi connectivity index (χ4v) is 5.77. The Morgan fingerprint density at radius 3 is 1.92 bits per heavy atom. The van der Waals surface area contributed by atoms with Gasteiger partial charge >= 0.3 is 0 Å². The molecule has 0 radical (unpaired) electrons. The normalized spacial score (nSPS) is 11.5. The molecule has 1 nitrogen and oxygen atoms in total. The number of halogens is 1. The largest absolute Gasteiger partial charge is 0.309 e. The van der Waals surface area contributed by atoms with Crippen LogP contribution in [0, 0.1) is 0 Å². The van der Waals surface area contributed by atoms with E-state index in [4.69, 9.17) is 0 Å². The van der Waals surface area contributed by atoms with Crippen LogP contribution in [-0.4, -0.2) is 4.57 Å². The van der Waals surface area contributed by atoms with Crippen molar-refractivity contribution in [2.75, 3.05) is 0 Å². The molecule has 2 heteroatoms. The third-order valence-corrected chi connectivity index (χ3v) is 7.52. The van der Waals surface area contributed by atoms with Gasteiger partial charge in [0.1, 0.15) is 0 Å². The van der Waals surface area contributed by atoms with Crippen molar-refractivity contribution in [2.24, 2.45) is 0 Å². The average Bonchev–Trinajstić information content (AvgIpc) is 3.28. The smallest absolute Gasteiger partial charge is 0.0547 e. The van der Waals surface area contributed by atoms with E-state index in [-0.39, 0.29) is 0 Å². The van der Waals surface area contributed by atoms with Crippen LogP contribution in [0.2, 0.25) is 0 Å². The van der Waals surface area contributed by atoms with Crippen LogP contribution in [0.25, 0.3) is 60.5 Å². The van der Waals surface area contributed by atoms with Crippen LogP contribution in [0.3, 0.4) is 0 Å². The van der Waals surface area contributed by atoms with Gasteiger partial charge in [-0.15, -0.1) is 0 Å². The van der Waals surface area contributed by atoms with Crippen molar-refractivity contribution >= 4 is 48.5 Å². The molecular weight excluding hydrogens is 502 g/mol. The highest BCUT2D eigenvalue weighted by Gasteiger charge is 2.15. The number of para-hydroxylation sites is 1. The Labute approximate surface area is 218 Å². The minimum Gasteiger partial charge on any atom is -0.309 e. The van der Waals surface area contributed by atoms with Gasteiger partial charge in [-0.1, -0.05) is 101 Å². The quantitative estimate of drug-likeness (QED) is 0.217. The fraction of sp³-hybridized carbons (Fsp3) is 0. The number of hydrogen-bond acceptors (Lipinski definition) is 0. The van der Waals surface area contributed by atoms with Crippen molar-refractivity contribution in [1.82, 2.24) is 4.57 Å². The van der Waals surface area contributed by atoms with E-state index in [1.807, 2.05) is 0 Å². The lowest BCUT2D eigenvalue weighted by molar-refractivity contribution is 1.18. The van der Waals surface area contributed by atoms with Gasteiger partial charge in [0.15, 0.2) is 0 Å². The molecule has 170 valence electrons. The van der Waals surface area contributed by atoms with Gasteiger partial charge in [-0.2, -0.15) is 0 Å². The van der Waals surface area contributed by atoms with E-state index in [0.717, 1.165) is 4.47 Å². The third kappa shape index (κ3) is 3.45. The summed E-state index contributed by atoms with van der Waals surface area (Å²) in [4.78, 5) is 0. The number of fused-ring (bicyclic) bond motifs is 5. The number of nitrogens with zero attached hydrogens (tertiary/aromatic N) is 1. The number of benzene rings is 6. The molecule has 0 aliphatic heterocycles. The Balaban J connectivity index is 1.50. The molecule has 0 atom stereocenters. The number of hydrogen-bond donors (Lipinski definition) is 0. The molecule has 0 saturated carbocycles. The van der Waals surface area contributed by atoms with Crippen LogP contribution < -0.4 is 0 Å². The van der Waals surface area contributed by atoms with E-state index in [9.17, 15) is 0 Å². The maximum absolute atomic E-state index is 3.61. The van der Waals surface area contributed by atoms with Crippen LogP contribution >= 0.6 is 15.9 Å². The molecule has 7 rings (SSSR count). The van der Waals surface area contributed by atoms with Crippen LogP contribution in [0.4, 0.5) is 0 Å². The summed E-state index contributed by atoms with van der Waals surface area (Å²) in [6.07, 6.45) is 0. The summed E-state index contributed by atoms with van der Waals surface area (Å²) in [5.74, 6) is 0. The highest BCUT2D eigenvalue weighted by atomic mass is 79.9. The molecule has 0 saturated heterocycles. The van der Waals surface area contributed by atoms with E-state index < -0.39 is 0 Å². The van der Waals surface area contributed by atoms with Gasteiger partial charge < -0.3 is 4.57 Å². The second-order valence-corrected chi connectivity index (χ2v) is 10.1. The Bertz CT molecular complexity index is 1900. The van der Waals surface area contributed by atoms with Crippen molar-refractivity contribution in [3.8, 4) is 27.9 Å². The lowest BCUT2D eigenvalue weighted by atomic mass is 9.97. The lowest BCUT2D eigenvalue weighted by Gasteiger charge is -2.09. The summed E-state index contributed by atoms with van der Waals surface area (Å²) in [5.41, 5.74) is 8.49. The van der Waals surface area contributed by atoms with E-state index >= 15 is 0 Å². The van der Waals surface area contributed by atoms with Crippen LogP contribution in [0.1, 0.15) is 0 Å². The highest BCUT2D eigenvalue weighted by Crippen LogP contribution is 2.39. The molecule has 0 unspecified atom stereocenters. The summed E-state index contributed by atoms with van der Waals surface area (Å²) in [7, 11) is 0. The molecule has 0 aliphatic carbocycles. The summed E-state index contributed by atoms with van der Waals surface area (Å²) < 4.78 is 3.48. The third-order valence-electron chi connectivity index (χ3n) is 7.02. The first kappa shape index (κ1) is 21.2. The second-order valence-electron chi connectivity index (χ2n) is 9.17. The first-order valence-corrected chi connectivity index (χ1v) is 12.9. The SMILES string of the molecule is Brc1cccc(-c2cccc(-c3ccc4c(c3)c3c5ccccc5ccc3n4-c3ccccc3)c2)c1. The first-order chi connectivity index (χ1) is 17.8.